The summed E-state index contributed by atoms with van der Waals surface area (Å²) in [6.07, 6.45) is 0. The maximum atomic E-state index is 13.3. The Morgan fingerprint density at radius 1 is 0.900 bits per heavy atom. The summed E-state index contributed by atoms with van der Waals surface area (Å²) in [5, 5.41) is 1.42. The topological polar surface area (TPSA) is 128 Å². The van der Waals surface area contributed by atoms with Crippen LogP contribution >= 0.6 is 0 Å². The summed E-state index contributed by atoms with van der Waals surface area (Å²) in [5.41, 5.74) is 7.62. The van der Waals surface area contributed by atoms with Gasteiger partial charge in [0.05, 0.1) is 33.1 Å². The molecule has 0 amide bonds. The molecule has 0 saturated heterocycles. The third kappa shape index (κ3) is 2.02. The first-order valence-corrected chi connectivity index (χ1v) is 10.5. The highest BCUT2D eigenvalue weighted by molar-refractivity contribution is 7.86. The van der Waals surface area contributed by atoms with Gasteiger partial charge in [-0.2, -0.15) is 8.42 Å². The van der Waals surface area contributed by atoms with Gasteiger partial charge < -0.3 is 5.73 Å². The van der Waals surface area contributed by atoms with Gasteiger partial charge in [-0.25, -0.2) is 9.97 Å². The van der Waals surface area contributed by atoms with Crippen molar-refractivity contribution in [3.8, 4) is 0 Å². The Kier molecular flexibility index (Phi) is 3.08. The van der Waals surface area contributed by atoms with Crippen molar-refractivity contribution in [2.75, 3.05) is 5.73 Å². The van der Waals surface area contributed by atoms with Crippen LogP contribution in [-0.2, 0) is 10.1 Å². The van der Waals surface area contributed by atoms with Gasteiger partial charge in [-0.1, -0.05) is 36.4 Å². The summed E-state index contributed by atoms with van der Waals surface area (Å²) in [4.78, 5) is 22.1. The molecule has 0 aliphatic heterocycles. The number of aromatic nitrogens is 3. The van der Waals surface area contributed by atoms with Crippen molar-refractivity contribution in [1.82, 2.24) is 14.4 Å². The highest BCUT2D eigenvalue weighted by Crippen LogP contribution is 2.37. The molecule has 8 nitrogen and oxygen atoms in total. The Morgan fingerprint density at radius 2 is 1.60 bits per heavy atom. The zero-order valence-electron chi connectivity index (χ0n) is 15.2. The van der Waals surface area contributed by atoms with E-state index in [1.165, 1.54) is 6.07 Å². The van der Waals surface area contributed by atoms with Gasteiger partial charge in [-0.05, 0) is 18.2 Å². The molecule has 3 N–H and O–H groups in total. The number of benzene rings is 4. The Bertz CT molecular complexity index is 1860. The van der Waals surface area contributed by atoms with E-state index >= 15 is 0 Å². The van der Waals surface area contributed by atoms with Gasteiger partial charge in [0.15, 0.2) is 5.43 Å². The molecule has 2 aromatic heterocycles. The second-order valence-corrected chi connectivity index (χ2v) is 8.49. The Hall–Kier alpha value is -3.82. The molecule has 0 fully saturated rings. The van der Waals surface area contributed by atoms with E-state index in [4.69, 9.17) is 10.7 Å². The third-order valence-corrected chi connectivity index (χ3v) is 6.37. The van der Waals surface area contributed by atoms with Crippen molar-refractivity contribution in [2.24, 2.45) is 0 Å². The molecule has 9 heteroatoms. The quantitative estimate of drug-likeness (QED) is 0.182. The molecular weight excluding hydrogens is 404 g/mol. The number of nitrogen functional groups attached to an aromatic ring is 1. The van der Waals surface area contributed by atoms with Crippen LogP contribution in [0.25, 0.3) is 49.4 Å². The van der Waals surface area contributed by atoms with Crippen molar-refractivity contribution in [3.05, 3.63) is 64.8 Å². The number of nitrogens with two attached hydrogens (primary N) is 1. The van der Waals surface area contributed by atoms with E-state index in [1.807, 2.05) is 24.3 Å². The lowest BCUT2D eigenvalue weighted by molar-refractivity contribution is 0.484. The molecule has 146 valence electrons. The van der Waals surface area contributed by atoms with Crippen molar-refractivity contribution < 1.29 is 13.0 Å². The maximum Gasteiger partial charge on any atom is 0.296 e. The van der Waals surface area contributed by atoms with Gasteiger partial charge >= 0.3 is 0 Å². The molecule has 0 bridgehead atoms. The van der Waals surface area contributed by atoms with E-state index in [1.54, 1.807) is 28.7 Å². The molecule has 2 heterocycles. The Morgan fingerprint density at radius 3 is 2.37 bits per heavy atom. The zero-order valence-corrected chi connectivity index (χ0v) is 16.0. The van der Waals surface area contributed by atoms with Gasteiger partial charge in [0.2, 0.25) is 5.78 Å². The number of anilines is 1. The fourth-order valence-electron chi connectivity index (χ4n) is 4.22. The Balaban J connectivity index is 2.08. The molecular formula is C21H12N4O4S. The predicted molar refractivity (Wildman–Crippen MR) is 115 cm³/mol. The number of hydrogen-bond donors (Lipinski definition) is 2. The monoisotopic (exact) mass is 416 g/mol. The van der Waals surface area contributed by atoms with Crippen molar-refractivity contribution in [2.45, 2.75) is 4.90 Å². The lowest BCUT2D eigenvalue weighted by atomic mass is 9.99. The number of para-hydroxylation sites is 2. The lowest BCUT2D eigenvalue weighted by Gasteiger charge is -2.14. The van der Waals surface area contributed by atoms with Crippen LogP contribution < -0.4 is 11.2 Å². The normalized spacial score (nSPS) is 12.7. The summed E-state index contributed by atoms with van der Waals surface area (Å²) >= 11 is 0. The number of nitrogens with zero attached hydrogens (tertiary/aromatic N) is 3. The predicted octanol–water partition coefficient (Wildman–Crippen LogP) is 2.97. The number of hydrogen-bond acceptors (Lipinski definition) is 6. The van der Waals surface area contributed by atoms with Crippen LogP contribution in [0.15, 0.2) is 64.3 Å². The molecule has 0 aliphatic carbocycles. The van der Waals surface area contributed by atoms with E-state index in [0.29, 0.717) is 44.0 Å². The first-order valence-electron chi connectivity index (χ1n) is 9.01. The van der Waals surface area contributed by atoms with Crippen LogP contribution in [-0.4, -0.2) is 27.3 Å². The molecule has 4 aromatic carbocycles. The molecule has 0 spiro atoms. The highest BCUT2D eigenvalue weighted by Gasteiger charge is 2.25. The van der Waals surface area contributed by atoms with E-state index in [9.17, 15) is 17.8 Å². The summed E-state index contributed by atoms with van der Waals surface area (Å²) in [6, 6.07) is 15.5. The number of rotatable bonds is 1. The molecule has 30 heavy (non-hydrogen) atoms. The molecule has 0 aliphatic rings. The first-order chi connectivity index (χ1) is 14.4. The highest BCUT2D eigenvalue weighted by atomic mass is 32.2. The second kappa shape index (κ2) is 5.41. The molecule has 6 rings (SSSR count). The van der Waals surface area contributed by atoms with Gasteiger partial charge in [-0.3, -0.25) is 13.7 Å². The third-order valence-electron chi connectivity index (χ3n) is 5.47. The lowest BCUT2D eigenvalue weighted by Crippen LogP contribution is -2.12. The van der Waals surface area contributed by atoms with Gasteiger partial charge in [-0.15, -0.1) is 0 Å². The van der Waals surface area contributed by atoms with Crippen LogP contribution in [0.2, 0.25) is 0 Å². The maximum absolute atomic E-state index is 13.3. The average molecular weight is 416 g/mol. The van der Waals surface area contributed by atoms with E-state index < -0.39 is 20.4 Å². The smallest absolute Gasteiger partial charge is 0.296 e. The minimum atomic E-state index is -4.68. The van der Waals surface area contributed by atoms with Crippen molar-refractivity contribution in [3.63, 3.8) is 0 Å². The van der Waals surface area contributed by atoms with E-state index in [0.717, 1.165) is 0 Å². The molecule has 6 aromatic rings. The number of imidazole rings is 1. The van der Waals surface area contributed by atoms with Gasteiger partial charge in [0.25, 0.3) is 10.1 Å². The summed E-state index contributed by atoms with van der Waals surface area (Å²) < 4.78 is 35.6. The molecule has 0 saturated carbocycles. The summed E-state index contributed by atoms with van der Waals surface area (Å²) in [7, 11) is -4.68. The fourth-order valence-corrected chi connectivity index (χ4v) is 4.86. The van der Waals surface area contributed by atoms with Crippen molar-refractivity contribution in [1.29, 1.82) is 0 Å². The first kappa shape index (κ1) is 17.1. The average Bonchev–Trinajstić information content (AvgIpc) is 3.09. The minimum absolute atomic E-state index is 0.0148. The Labute approximate surface area is 168 Å². The van der Waals surface area contributed by atoms with Crippen LogP contribution in [0.4, 0.5) is 5.69 Å². The summed E-state index contributed by atoms with van der Waals surface area (Å²) in [5.74, 6) is 0.347. The van der Waals surface area contributed by atoms with Crippen LogP contribution in [0.3, 0.4) is 0 Å². The minimum Gasteiger partial charge on any atom is -0.397 e. The molecule has 0 atom stereocenters. The SMILES string of the molecule is Nc1c(S(=O)(=O)O)cc2c3c1c(=O)c1ccccc1c3nc1nc3ccccc3n12. The van der Waals surface area contributed by atoms with Gasteiger partial charge in [0, 0.05) is 16.2 Å². The molecule has 0 radical (unpaired) electrons. The molecule has 0 unspecified atom stereocenters. The van der Waals surface area contributed by atoms with Crippen LogP contribution in [0.1, 0.15) is 0 Å². The number of fused-ring (bicyclic) bond motifs is 6. The van der Waals surface area contributed by atoms with Crippen LogP contribution in [0, 0.1) is 0 Å². The van der Waals surface area contributed by atoms with E-state index in [-0.39, 0.29) is 11.1 Å². The fraction of sp³-hybridized carbons (Fsp3) is 0. The standard InChI is InChI=1S/C21H12N4O4S/c22-18-15(30(27,28)29)9-14-16-17(18)20(26)11-6-2-1-5-10(11)19(16)24-21-23-12-7-3-4-8-13(12)25(14)21/h1-9H,22H2,(H,27,28,29). The van der Waals surface area contributed by atoms with E-state index in [2.05, 4.69) is 4.98 Å². The zero-order chi connectivity index (χ0) is 20.8. The van der Waals surface area contributed by atoms with Crippen LogP contribution in [0.5, 0.6) is 0 Å². The largest absolute Gasteiger partial charge is 0.397 e. The van der Waals surface area contributed by atoms with Crippen molar-refractivity contribution >= 4 is 65.2 Å². The van der Waals surface area contributed by atoms with Gasteiger partial charge in [0.1, 0.15) is 4.90 Å². The summed E-state index contributed by atoms with van der Waals surface area (Å²) in [6.45, 7) is 0. The second-order valence-electron chi connectivity index (χ2n) is 7.10.